The van der Waals surface area contributed by atoms with Crippen molar-refractivity contribution in [2.45, 2.75) is 58.9 Å². The lowest BCUT2D eigenvalue weighted by atomic mass is 10.2. The first-order chi connectivity index (χ1) is 8.78. The maximum Gasteiger partial charge on any atom is 0.390 e. The van der Waals surface area contributed by atoms with Crippen LogP contribution in [-0.4, -0.2) is 22.0 Å². The maximum absolute atomic E-state index is 12.2. The molecule has 0 aromatic carbocycles. The number of rotatable bonds is 6. The molecule has 1 rings (SSSR count). The summed E-state index contributed by atoms with van der Waals surface area (Å²) in [6.07, 6.45) is -4.31. The van der Waals surface area contributed by atoms with E-state index in [2.05, 4.69) is 10.4 Å². The van der Waals surface area contributed by atoms with Crippen LogP contribution in [0.1, 0.15) is 38.6 Å². The normalized spacial score (nSPS) is 13.8. The maximum atomic E-state index is 12.2. The van der Waals surface area contributed by atoms with Gasteiger partial charge in [0.15, 0.2) is 0 Å². The Labute approximate surface area is 116 Å². The van der Waals surface area contributed by atoms with Gasteiger partial charge in [-0.1, -0.05) is 18.5 Å². The summed E-state index contributed by atoms with van der Waals surface area (Å²) in [6.45, 7) is 6.30. The van der Waals surface area contributed by atoms with E-state index in [1.54, 1.807) is 4.68 Å². The molecule has 1 N–H and O–H groups in total. The molecule has 0 fully saturated rings. The number of aromatic nitrogens is 2. The molecule has 19 heavy (non-hydrogen) atoms. The van der Waals surface area contributed by atoms with Crippen molar-refractivity contribution in [2.24, 2.45) is 0 Å². The zero-order valence-corrected chi connectivity index (χ0v) is 12.1. The van der Waals surface area contributed by atoms with Gasteiger partial charge in [-0.05, 0) is 20.3 Å². The fraction of sp³-hybridized carbons (Fsp3) is 0.750. The van der Waals surface area contributed by atoms with Crippen molar-refractivity contribution < 1.29 is 13.2 Å². The zero-order chi connectivity index (χ0) is 14.6. The van der Waals surface area contributed by atoms with Gasteiger partial charge in [0.05, 0.1) is 22.8 Å². The summed E-state index contributed by atoms with van der Waals surface area (Å²) in [7, 11) is 0. The van der Waals surface area contributed by atoms with Gasteiger partial charge in [0, 0.05) is 19.1 Å². The van der Waals surface area contributed by atoms with Crippen molar-refractivity contribution in [3.63, 3.8) is 0 Å². The fourth-order valence-corrected chi connectivity index (χ4v) is 2.21. The third-order valence-corrected chi connectivity index (χ3v) is 3.29. The van der Waals surface area contributed by atoms with Gasteiger partial charge in [0.1, 0.15) is 0 Å². The number of nitrogens with one attached hydrogen (secondary N) is 1. The SMILES string of the molecule is CCc1nn(CC)c(CNC(C)CC(F)(F)F)c1Cl. The van der Waals surface area contributed by atoms with E-state index in [0.717, 1.165) is 11.4 Å². The number of hydrogen-bond acceptors (Lipinski definition) is 2. The van der Waals surface area contributed by atoms with Crippen LogP contribution in [0.5, 0.6) is 0 Å². The Morgan fingerprint density at radius 3 is 2.47 bits per heavy atom. The number of hydrogen-bond donors (Lipinski definition) is 1. The highest BCUT2D eigenvalue weighted by atomic mass is 35.5. The van der Waals surface area contributed by atoms with Gasteiger partial charge < -0.3 is 5.32 Å². The zero-order valence-electron chi connectivity index (χ0n) is 11.3. The summed E-state index contributed by atoms with van der Waals surface area (Å²) in [5.41, 5.74) is 1.53. The molecule has 0 saturated carbocycles. The molecule has 0 saturated heterocycles. The molecule has 0 spiro atoms. The molecular weight excluding hydrogens is 279 g/mol. The Kier molecular flexibility index (Phi) is 5.67. The molecule has 0 aliphatic carbocycles. The first-order valence-electron chi connectivity index (χ1n) is 6.32. The summed E-state index contributed by atoms with van der Waals surface area (Å²) >= 11 is 6.18. The van der Waals surface area contributed by atoms with E-state index < -0.39 is 18.6 Å². The standard InChI is InChI=1S/C12H19ClF3N3/c1-4-9-11(13)10(19(5-2)18-9)7-17-8(3)6-12(14,15)16/h8,17H,4-7H2,1-3H3. The van der Waals surface area contributed by atoms with Gasteiger partial charge >= 0.3 is 6.18 Å². The van der Waals surface area contributed by atoms with E-state index in [9.17, 15) is 13.2 Å². The Bertz CT molecular complexity index is 415. The molecule has 0 aliphatic rings. The van der Waals surface area contributed by atoms with E-state index in [1.165, 1.54) is 6.92 Å². The third kappa shape index (κ3) is 4.69. The van der Waals surface area contributed by atoms with Crippen molar-refractivity contribution >= 4 is 11.6 Å². The molecule has 1 unspecified atom stereocenters. The summed E-state index contributed by atoms with van der Waals surface area (Å²) in [5, 5.41) is 7.72. The van der Waals surface area contributed by atoms with E-state index in [-0.39, 0.29) is 6.54 Å². The molecule has 1 aromatic rings. The molecule has 3 nitrogen and oxygen atoms in total. The number of nitrogens with zero attached hydrogens (tertiary/aromatic N) is 2. The lowest BCUT2D eigenvalue weighted by molar-refractivity contribution is -0.139. The van der Waals surface area contributed by atoms with Crippen LogP contribution in [0, 0.1) is 0 Å². The summed E-state index contributed by atoms with van der Waals surface area (Å²) in [6, 6.07) is -0.652. The van der Waals surface area contributed by atoms with Crippen LogP contribution in [0.4, 0.5) is 13.2 Å². The lowest BCUT2D eigenvalue weighted by Crippen LogP contribution is -2.31. The van der Waals surface area contributed by atoms with Crippen LogP contribution in [0.15, 0.2) is 0 Å². The molecule has 110 valence electrons. The van der Waals surface area contributed by atoms with Gasteiger partial charge in [-0.3, -0.25) is 4.68 Å². The topological polar surface area (TPSA) is 29.9 Å². The predicted octanol–water partition coefficient (Wildman–Crippen LogP) is 3.55. The van der Waals surface area contributed by atoms with Gasteiger partial charge in [0.25, 0.3) is 0 Å². The van der Waals surface area contributed by atoms with Crippen molar-refractivity contribution in [2.75, 3.05) is 0 Å². The number of alkyl halides is 3. The fourth-order valence-electron chi connectivity index (χ4n) is 1.88. The Morgan fingerprint density at radius 1 is 1.37 bits per heavy atom. The molecule has 0 amide bonds. The molecule has 0 radical (unpaired) electrons. The highest BCUT2D eigenvalue weighted by molar-refractivity contribution is 6.31. The van der Waals surface area contributed by atoms with Gasteiger partial charge in [-0.25, -0.2) is 0 Å². The van der Waals surface area contributed by atoms with Crippen LogP contribution in [-0.2, 0) is 19.5 Å². The summed E-state index contributed by atoms with van der Waals surface area (Å²) in [5.74, 6) is 0. The van der Waals surface area contributed by atoms with Crippen LogP contribution in [0.25, 0.3) is 0 Å². The number of halogens is 4. The molecule has 1 atom stereocenters. The van der Waals surface area contributed by atoms with Crippen LogP contribution in [0.3, 0.4) is 0 Å². The largest absolute Gasteiger partial charge is 0.390 e. The van der Waals surface area contributed by atoms with Gasteiger partial charge in [0.2, 0.25) is 0 Å². The minimum absolute atomic E-state index is 0.289. The van der Waals surface area contributed by atoms with Gasteiger partial charge in [-0.15, -0.1) is 0 Å². The van der Waals surface area contributed by atoms with Crippen LogP contribution >= 0.6 is 11.6 Å². The predicted molar refractivity (Wildman–Crippen MR) is 69.3 cm³/mol. The van der Waals surface area contributed by atoms with E-state index in [4.69, 9.17) is 11.6 Å². The molecule has 0 bridgehead atoms. The Balaban J connectivity index is 2.69. The van der Waals surface area contributed by atoms with E-state index >= 15 is 0 Å². The second-order valence-electron chi connectivity index (χ2n) is 4.48. The Hall–Kier alpha value is -0.750. The molecular formula is C12H19ClF3N3. The summed E-state index contributed by atoms with van der Waals surface area (Å²) in [4.78, 5) is 0. The lowest BCUT2D eigenvalue weighted by Gasteiger charge is -2.16. The van der Waals surface area contributed by atoms with Crippen molar-refractivity contribution in [3.8, 4) is 0 Å². The van der Waals surface area contributed by atoms with Crippen molar-refractivity contribution in [1.29, 1.82) is 0 Å². The smallest absolute Gasteiger partial charge is 0.308 e. The second-order valence-corrected chi connectivity index (χ2v) is 4.86. The summed E-state index contributed by atoms with van der Waals surface area (Å²) < 4.78 is 38.4. The first-order valence-corrected chi connectivity index (χ1v) is 6.70. The minimum atomic E-state index is -4.16. The quantitative estimate of drug-likeness (QED) is 0.870. The monoisotopic (exact) mass is 297 g/mol. The second kappa shape index (κ2) is 6.61. The van der Waals surface area contributed by atoms with Crippen LogP contribution < -0.4 is 5.32 Å². The highest BCUT2D eigenvalue weighted by Crippen LogP contribution is 2.23. The molecule has 7 heteroatoms. The number of aryl methyl sites for hydroxylation is 2. The average Bonchev–Trinajstić information content (AvgIpc) is 2.60. The average molecular weight is 298 g/mol. The first kappa shape index (κ1) is 16.3. The molecule has 0 aliphatic heterocycles. The Morgan fingerprint density at radius 2 is 2.00 bits per heavy atom. The van der Waals surface area contributed by atoms with E-state index in [0.29, 0.717) is 18.0 Å². The molecule has 1 heterocycles. The third-order valence-electron chi connectivity index (χ3n) is 2.85. The van der Waals surface area contributed by atoms with Gasteiger partial charge in [-0.2, -0.15) is 18.3 Å². The van der Waals surface area contributed by atoms with Crippen LogP contribution in [0.2, 0.25) is 5.02 Å². The van der Waals surface area contributed by atoms with Crippen molar-refractivity contribution in [1.82, 2.24) is 15.1 Å². The minimum Gasteiger partial charge on any atom is -0.308 e. The van der Waals surface area contributed by atoms with E-state index in [1.807, 2.05) is 13.8 Å². The molecule has 1 aromatic heterocycles. The van der Waals surface area contributed by atoms with Crippen molar-refractivity contribution in [3.05, 3.63) is 16.4 Å². The highest BCUT2D eigenvalue weighted by Gasteiger charge is 2.30.